The molecular weight excluding hydrogens is 152 g/mol. The van der Waals surface area contributed by atoms with E-state index in [1.807, 2.05) is 19.9 Å². The predicted octanol–water partition coefficient (Wildman–Crippen LogP) is 2.24. The van der Waals surface area contributed by atoms with Gasteiger partial charge in [-0.3, -0.25) is 0 Å². The van der Waals surface area contributed by atoms with Crippen molar-refractivity contribution in [1.29, 1.82) is 0 Å². The molecule has 0 aliphatic rings. The third kappa shape index (κ3) is 3.76. The molecule has 0 aliphatic heterocycles. The Morgan fingerprint density at radius 3 is 2.33 bits per heavy atom. The van der Waals surface area contributed by atoms with Crippen LogP contribution in [0.2, 0.25) is 0 Å². The van der Waals surface area contributed by atoms with Crippen LogP contribution in [0.1, 0.15) is 13.8 Å². The summed E-state index contributed by atoms with van der Waals surface area (Å²) in [5, 5.41) is 0. The van der Waals surface area contributed by atoms with Crippen molar-refractivity contribution in [2.75, 3.05) is 7.11 Å². The molecule has 12 heavy (non-hydrogen) atoms. The number of carbonyl (C=O) groups excluding carboxylic acids is 1. The summed E-state index contributed by atoms with van der Waals surface area (Å²) in [6.07, 6.45) is 8.88. The molecule has 0 rings (SSSR count). The first-order valence-electron chi connectivity index (χ1n) is 3.80. The van der Waals surface area contributed by atoms with Gasteiger partial charge < -0.3 is 4.74 Å². The first-order chi connectivity index (χ1) is 5.76. The van der Waals surface area contributed by atoms with Crippen molar-refractivity contribution in [3.05, 3.63) is 36.0 Å². The zero-order valence-corrected chi connectivity index (χ0v) is 7.70. The molecule has 0 heterocycles. The van der Waals surface area contributed by atoms with Crippen LogP contribution in [0.3, 0.4) is 0 Å². The highest BCUT2D eigenvalue weighted by Crippen LogP contribution is 2.00. The second-order valence-corrected chi connectivity index (χ2v) is 2.14. The summed E-state index contributed by atoms with van der Waals surface area (Å²) >= 11 is 0. The second-order valence-electron chi connectivity index (χ2n) is 2.14. The predicted molar refractivity (Wildman–Crippen MR) is 49.7 cm³/mol. The van der Waals surface area contributed by atoms with Gasteiger partial charge in [0.05, 0.1) is 12.7 Å². The van der Waals surface area contributed by atoms with Crippen molar-refractivity contribution in [1.82, 2.24) is 0 Å². The minimum atomic E-state index is -0.314. The van der Waals surface area contributed by atoms with E-state index in [4.69, 9.17) is 0 Å². The molecule has 0 aromatic rings. The monoisotopic (exact) mass is 166 g/mol. The number of hydrogen-bond acceptors (Lipinski definition) is 2. The highest BCUT2D eigenvalue weighted by atomic mass is 16.5. The molecule has 2 heteroatoms. The lowest BCUT2D eigenvalue weighted by molar-refractivity contribution is -0.135. The van der Waals surface area contributed by atoms with Gasteiger partial charge in [0.1, 0.15) is 0 Å². The van der Waals surface area contributed by atoms with Crippen molar-refractivity contribution in [2.24, 2.45) is 0 Å². The largest absolute Gasteiger partial charge is 0.465 e. The van der Waals surface area contributed by atoms with Crippen molar-refractivity contribution in [3.8, 4) is 0 Å². The fraction of sp³-hybridized carbons (Fsp3) is 0.300. The van der Waals surface area contributed by atoms with E-state index in [2.05, 4.69) is 4.74 Å². The minimum Gasteiger partial charge on any atom is -0.465 e. The third-order valence-electron chi connectivity index (χ3n) is 1.24. The van der Waals surface area contributed by atoms with Crippen LogP contribution in [0.4, 0.5) is 0 Å². The molecule has 0 amide bonds. The average Bonchev–Trinajstić information content (AvgIpc) is 2.11. The molecule has 0 aliphatic carbocycles. The van der Waals surface area contributed by atoms with Crippen molar-refractivity contribution >= 4 is 5.97 Å². The highest BCUT2D eigenvalue weighted by molar-refractivity contribution is 5.91. The van der Waals surface area contributed by atoms with E-state index < -0.39 is 0 Å². The van der Waals surface area contributed by atoms with Crippen molar-refractivity contribution in [2.45, 2.75) is 13.8 Å². The van der Waals surface area contributed by atoms with Crippen LogP contribution in [0.15, 0.2) is 36.0 Å². The van der Waals surface area contributed by atoms with E-state index in [9.17, 15) is 4.79 Å². The number of esters is 1. The average molecular weight is 166 g/mol. The van der Waals surface area contributed by atoms with E-state index in [1.54, 1.807) is 24.3 Å². The molecule has 0 aromatic heterocycles. The lowest BCUT2D eigenvalue weighted by Gasteiger charge is -1.96. The number of allylic oxidation sites excluding steroid dienone is 4. The minimum absolute atomic E-state index is 0.314. The number of carbonyl (C=O) groups is 1. The van der Waals surface area contributed by atoms with E-state index in [1.165, 1.54) is 7.11 Å². The number of hydrogen-bond donors (Lipinski definition) is 0. The summed E-state index contributed by atoms with van der Waals surface area (Å²) in [7, 11) is 1.37. The molecule has 0 atom stereocenters. The Balaban J connectivity index is 4.53. The quantitative estimate of drug-likeness (QED) is 0.365. The Morgan fingerprint density at radius 2 is 1.92 bits per heavy atom. The Kier molecular flexibility index (Phi) is 5.70. The van der Waals surface area contributed by atoms with Gasteiger partial charge in [0, 0.05) is 0 Å². The lowest BCUT2D eigenvalue weighted by atomic mass is 10.2. The molecule has 2 nitrogen and oxygen atoms in total. The summed E-state index contributed by atoms with van der Waals surface area (Å²) in [6, 6.07) is 0. The van der Waals surface area contributed by atoms with Crippen LogP contribution in [-0.2, 0) is 9.53 Å². The van der Waals surface area contributed by atoms with Gasteiger partial charge in [-0.2, -0.15) is 0 Å². The van der Waals surface area contributed by atoms with Gasteiger partial charge in [-0.05, 0) is 19.9 Å². The summed E-state index contributed by atoms with van der Waals surface area (Å²) in [4.78, 5) is 11.0. The molecule has 0 fully saturated rings. The molecule has 0 bridgehead atoms. The van der Waals surface area contributed by atoms with Crippen molar-refractivity contribution in [3.63, 3.8) is 0 Å². The van der Waals surface area contributed by atoms with Gasteiger partial charge in [0.15, 0.2) is 0 Å². The summed E-state index contributed by atoms with van der Waals surface area (Å²) in [5.74, 6) is -0.314. The summed E-state index contributed by atoms with van der Waals surface area (Å²) in [6.45, 7) is 3.74. The van der Waals surface area contributed by atoms with Gasteiger partial charge in [-0.25, -0.2) is 4.79 Å². The van der Waals surface area contributed by atoms with Crippen LogP contribution in [-0.4, -0.2) is 13.1 Å². The standard InChI is InChI=1S/C10H14O2/c1-4-6-8-9(7-5-2)10(11)12-3/h4-8H,1-3H3/b6-4+,7-5-,9-8+. The first-order valence-corrected chi connectivity index (χ1v) is 3.80. The van der Waals surface area contributed by atoms with E-state index in [0.29, 0.717) is 5.57 Å². The topological polar surface area (TPSA) is 26.3 Å². The molecule has 0 aromatic carbocycles. The van der Waals surface area contributed by atoms with Gasteiger partial charge in [0.25, 0.3) is 0 Å². The number of ether oxygens (including phenoxy) is 1. The van der Waals surface area contributed by atoms with Gasteiger partial charge in [-0.1, -0.05) is 24.3 Å². The zero-order valence-electron chi connectivity index (χ0n) is 7.70. The normalized spacial score (nSPS) is 12.8. The van der Waals surface area contributed by atoms with Gasteiger partial charge in [-0.15, -0.1) is 0 Å². The Morgan fingerprint density at radius 1 is 1.25 bits per heavy atom. The smallest absolute Gasteiger partial charge is 0.337 e. The molecule has 0 spiro atoms. The number of methoxy groups -OCH3 is 1. The molecule has 66 valence electrons. The fourth-order valence-electron chi connectivity index (χ4n) is 0.689. The maximum atomic E-state index is 11.0. The number of rotatable bonds is 3. The maximum absolute atomic E-state index is 11.0. The zero-order chi connectivity index (χ0) is 9.40. The van der Waals surface area contributed by atoms with Crippen LogP contribution in [0, 0.1) is 0 Å². The Labute approximate surface area is 73.2 Å². The molecule has 0 radical (unpaired) electrons. The SMILES string of the molecule is C\C=C/C(=C\C=C\C)C(=O)OC. The lowest BCUT2D eigenvalue weighted by Crippen LogP contribution is -2.01. The van der Waals surface area contributed by atoms with Crippen LogP contribution in [0.25, 0.3) is 0 Å². The van der Waals surface area contributed by atoms with E-state index >= 15 is 0 Å². The highest BCUT2D eigenvalue weighted by Gasteiger charge is 2.02. The van der Waals surface area contributed by atoms with E-state index in [-0.39, 0.29) is 5.97 Å². The molecule has 0 N–H and O–H groups in total. The summed E-state index contributed by atoms with van der Waals surface area (Å²) < 4.78 is 4.57. The maximum Gasteiger partial charge on any atom is 0.337 e. The van der Waals surface area contributed by atoms with Crippen LogP contribution >= 0.6 is 0 Å². The summed E-state index contributed by atoms with van der Waals surface area (Å²) in [5.41, 5.74) is 0.554. The van der Waals surface area contributed by atoms with Gasteiger partial charge >= 0.3 is 5.97 Å². The molecule has 0 unspecified atom stereocenters. The molecule has 0 saturated heterocycles. The van der Waals surface area contributed by atoms with Crippen molar-refractivity contribution < 1.29 is 9.53 Å². The van der Waals surface area contributed by atoms with E-state index in [0.717, 1.165) is 0 Å². The molecule has 0 saturated carbocycles. The Bertz CT molecular complexity index is 222. The van der Waals surface area contributed by atoms with Crippen LogP contribution < -0.4 is 0 Å². The first kappa shape index (κ1) is 10.7. The van der Waals surface area contributed by atoms with Crippen LogP contribution in [0.5, 0.6) is 0 Å². The fourth-order valence-corrected chi connectivity index (χ4v) is 0.689. The van der Waals surface area contributed by atoms with Gasteiger partial charge in [0.2, 0.25) is 0 Å². The second kappa shape index (κ2) is 6.40. The third-order valence-corrected chi connectivity index (χ3v) is 1.24. The Hall–Kier alpha value is -1.31. The molecular formula is C10H14O2.